The van der Waals surface area contributed by atoms with Crippen LogP contribution in [0.3, 0.4) is 0 Å². The molecule has 0 heterocycles. The molecule has 0 bridgehead atoms. The lowest BCUT2D eigenvalue weighted by atomic mass is 10.1. The summed E-state index contributed by atoms with van der Waals surface area (Å²) in [5.74, 6) is -0.323. The van der Waals surface area contributed by atoms with Crippen LogP contribution in [-0.4, -0.2) is 5.91 Å². The minimum Gasteiger partial charge on any atom is -0.397 e. The van der Waals surface area contributed by atoms with Crippen molar-refractivity contribution in [3.8, 4) is 6.07 Å². The second kappa shape index (κ2) is 5.95. The second-order valence-corrected chi connectivity index (χ2v) is 5.26. The van der Waals surface area contributed by atoms with Crippen LogP contribution in [0, 0.1) is 11.3 Å². The molecule has 0 saturated heterocycles. The fourth-order valence-corrected chi connectivity index (χ4v) is 2.01. The van der Waals surface area contributed by atoms with Crippen LogP contribution in [0.25, 0.3) is 0 Å². The number of carbonyl (C=O) groups is 1. The highest BCUT2D eigenvalue weighted by Crippen LogP contribution is 2.25. The number of hydrogen-bond acceptors (Lipinski definition) is 3. The van der Waals surface area contributed by atoms with Crippen molar-refractivity contribution in [3.05, 3.63) is 57.0 Å². The molecule has 100 valence electrons. The van der Waals surface area contributed by atoms with Gasteiger partial charge < -0.3 is 11.1 Å². The molecule has 2 aromatic rings. The van der Waals surface area contributed by atoms with Crippen LogP contribution in [-0.2, 0) is 0 Å². The van der Waals surface area contributed by atoms with Crippen molar-refractivity contribution in [3.63, 3.8) is 0 Å². The van der Waals surface area contributed by atoms with Crippen molar-refractivity contribution in [1.82, 2.24) is 0 Å². The van der Waals surface area contributed by atoms with Crippen LogP contribution in [0.4, 0.5) is 11.4 Å². The summed E-state index contributed by atoms with van der Waals surface area (Å²) in [7, 11) is 0. The number of anilines is 2. The SMILES string of the molecule is N#Cc1ccc(NC(=O)c2ccc(Br)c(Cl)c2)c(N)c1. The maximum Gasteiger partial charge on any atom is 0.255 e. The zero-order chi connectivity index (χ0) is 14.7. The fraction of sp³-hybridized carbons (Fsp3) is 0. The monoisotopic (exact) mass is 349 g/mol. The Bertz CT molecular complexity index is 725. The number of benzene rings is 2. The topological polar surface area (TPSA) is 78.9 Å². The minimum absolute atomic E-state index is 0.323. The van der Waals surface area contributed by atoms with Gasteiger partial charge in [0.05, 0.1) is 28.0 Å². The number of nitrogens with one attached hydrogen (secondary N) is 1. The lowest BCUT2D eigenvalue weighted by Crippen LogP contribution is -2.13. The molecule has 3 N–H and O–H groups in total. The number of amides is 1. The van der Waals surface area contributed by atoms with Gasteiger partial charge in [-0.1, -0.05) is 11.6 Å². The van der Waals surface area contributed by atoms with Gasteiger partial charge in [0.15, 0.2) is 0 Å². The van der Waals surface area contributed by atoms with Crippen LogP contribution < -0.4 is 11.1 Å². The van der Waals surface area contributed by atoms with E-state index in [0.29, 0.717) is 32.0 Å². The summed E-state index contributed by atoms with van der Waals surface area (Å²) in [6, 6.07) is 11.6. The molecular formula is C14H9BrClN3O. The number of halogens is 2. The number of nitrogen functional groups attached to an aromatic ring is 1. The molecular weight excluding hydrogens is 342 g/mol. The van der Waals surface area contributed by atoms with Gasteiger partial charge in [-0.15, -0.1) is 0 Å². The summed E-state index contributed by atoms with van der Waals surface area (Å²) < 4.78 is 0.716. The van der Waals surface area contributed by atoms with Crippen LogP contribution >= 0.6 is 27.5 Å². The van der Waals surface area contributed by atoms with E-state index >= 15 is 0 Å². The van der Waals surface area contributed by atoms with Gasteiger partial charge in [0.1, 0.15) is 0 Å². The van der Waals surface area contributed by atoms with Crippen molar-refractivity contribution in [2.24, 2.45) is 0 Å². The quantitative estimate of drug-likeness (QED) is 0.808. The van der Waals surface area contributed by atoms with Crippen molar-refractivity contribution in [2.45, 2.75) is 0 Å². The molecule has 0 spiro atoms. The van der Waals surface area contributed by atoms with Gasteiger partial charge in [0.25, 0.3) is 5.91 Å². The maximum absolute atomic E-state index is 12.1. The molecule has 0 aromatic heterocycles. The first kappa shape index (κ1) is 14.4. The van der Waals surface area contributed by atoms with Crippen molar-refractivity contribution in [2.75, 3.05) is 11.1 Å². The Kier molecular flexibility index (Phi) is 4.28. The maximum atomic E-state index is 12.1. The first-order chi connectivity index (χ1) is 9.51. The lowest BCUT2D eigenvalue weighted by molar-refractivity contribution is 0.102. The zero-order valence-electron chi connectivity index (χ0n) is 10.2. The zero-order valence-corrected chi connectivity index (χ0v) is 12.5. The third-order valence-corrected chi connectivity index (χ3v) is 3.84. The van der Waals surface area contributed by atoms with Gasteiger partial charge >= 0.3 is 0 Å². The number of nitrogens with zero attached hydrogens (tertiary/aromatic N) is 1. The molecule has 0 unspecified atom stereocenters. The second-order valence-electron chi connectivity index (χ2n) is 4.00. The third kappa shape index (κ3) is 3.10. The number of carbonyl (C=O) groups excluding carboxylic acids is 1. The van der Waals surface area contributed by atoms with E-state index in [9.17, 15) is 4.79 Å². The average molecular weight is 351 g/mol. The summed E-state index contributed by atoms with van der Waals surface area (Å²) >= 11 is 9.20. The highest BCUT2D eigenvalue weighted by atomic mass is 79.9. The molecule has 4 nitrogen and oxygen atoms in total. The molecule has 0 fully saturated rings. The van der Waals surface area contributed by atoms with E-state index in [1.54, 1.807) is 30.3 Å². The van der Waals surface area contributed by atoms with E-state index in [4.69, 9.17) is 22.6 Å². The molecule has 0 aliphatic heterocycles. The lowest BCUT2D eigenvalue weighted by Gasteiger charge is -2.09. The highest BCUT2D eigenvalue weighted by Gasteiger charge is 2.10. The summed E-state index contributed by atoms with van der Waals surface area (Å²) in [6.45, 7) is 0. The number of nitriles is 1. The van der Waals surface area contributed by atoms with Crippen LogP contribution in [0.1, 0.15) is 15.9 Å². The van der Waals surface area contributed by atoms with E-state index in [2.05, 4.69) is 21.2 Å². The molecule has 0 atom stereocenters. The minimum atomic E-state index is -0.323. The van der Waals surface area contributed by atoms with Gasteiger partial charge in [-0.05, 0) is 52.3 Å². The van der Waals surface area contributed by atoms with Gasteiger partial charge in [-0.25, -0.2) is 0 Å². The molecule has 0 radical (unpaired) electrons. The Morgan fingerprint density at radius 1 is 1.30 bits per heavy atom. The summed E-state index contributed by atoms with van der Waals surface area (Å²) in [5.41, 5.74) is 7.42. The summed E-state index contributed by atoms with van der Waals surface area (Å²) in [6.07, 6.45) is 0. The van der Waals surface area contributed by atoms with Crippen molar-refractivity contribution < 1.29 is 4.79 Å². The predicted molar refractivity (Wildman–Crippen MR) is 82.7 cm³/mol. The largest absolute Gasteiger partial charge is 0.397 e. The van der Waals surface area contributed by atoms with Crippen LogP contribution in [0.5, 0.6) is 0 Å². The highest BCUT2D eigenvalue weighted by molar-refractivity contribution is 9.10. The molecule has 2 aromatic carbocycles. The Morgan fingerprint density at radius 2 is 2.05 bits per heavy atom. The Labute approximate surface area is 129 Å². The fourth-order valence-electron chi connectivity index (χ4n) is 1.58. The molecule has 6 heteroatoms. The van der Waals surface area contributed by atoms with E-state index in [1.165, 1.54) is 6.07 Å². The molecule has 0 saturated carbocycles. The van der Waals surface area contributed by atoms with Crippen molar-refractivity contribution in [1.29, 1.82) is 5.26 Å². The van der Waals surface area contributed by atoms with Crippen LogP contribution in [0.2, 0.25) is 5.02 Å². The van der Waals surface area contributed by atoms with E-state index in [-0.39, 0.29) is 5.91 Å². The number of hydrogen-bond donors (Lipinski definition) is 2. The van der Waals surface area contributed by atoms with Gasteiger partial charge in [0.2, 0.25) is 0 Å². The summed E-state index contributed by atoms with van der Waals surface area (Å²) in [5, 5.41) is 11.9. The standard InChI is InChI=1S/C14H9BrClN3O/c15-10-3-2-9(6-11(10)16)14(20)19-13-4-1-8(7-17)5-12(13)18/h1-6H,18H2,(H,19,20). The first-order valence-electron chi connectivity index (χ1n) is 5.57. The van der Waals surface area contributed by atoms with E-state index < -0.39 is 0 Å². The normalized spacial score (nSPS) is 9.85. The average Bonchev–Trinajstić information content (AvgIpc) is 2.43. The number of nitrogens with two attached hydrogens (primary N) is 1. The molecule has 2 rings (SSSR count). The van der Waals surface area contributed by atoms with Gasteiger partial charge in [-0.2, -0.15) is 5.26 Å². The Morgan fingerprint density at radius 3 is 2.65 bits per heavy atom. The smallest absolute Gasteiger partial charge is 0.255 e. The van der Waals surface area contributed by atoms with E-state index in [0.717, 1.165) is 0 Å². The van der Waals surface area contributed by atoms with Crippen molar-refractivity contribution >= 4 is 44.8 Å². The van der Waals surface area contributed by atoms with Gasteiger partial charge in [0, 0.05) is 10.0 Å². The Hall–Kier alpha value is -2.03. The predicted octanol–water partition coefficient (Wildman–Crippen LogP) is 3.81. The van der Waals surface area contributed by atoms with Crippen LogP contribution in [0.15, 0.2) is 40.9 Å². The molecule has 0 aliphatic rings. The Balaban J connectivity index is 2.23. The molecule has 1 amide bonds. The molecule has 0 aliphatic carbocycles. The molecule has 20 heavy (non-hydrogen) atoms. The number of rotatable bonds is 2. The van der Waals surface area contributed by atoms with Gasteiger partial charge in [-0.3, -0.25) is 4.79 Å². The third-order valence-electron chi connectivity index (χ3n) is 2.61. The first-order valence-corrected chi connectivity index (χ1v) is 6.74. The summed E-state index contributed by atoms with van der Waals surface area (Å²) in [4.78, 5) is 12.1. The van der Waals surface area contributed by atoms with E-state index in [1.807, 2.05) is 6.07 Å².